The molecule has 0 radical (unpaired) electrons. The van der Waals surface area contributed by atoms with Gasteiger partial charge in [-0.25, -0.2) is 0 Å². The Hall–Kier alpha value is -1.34. The van der Waals surface area contributed by atoms with Gasteiger partial charge in [-0.1, -0.05) is 0 Å². The van der Waals surface area contributed by atoms with Crippen molar-refractivity contribution in [3.8, 4) is 0 Å². The SMILES string of the molecule is Cc1c(C)c(N(CC2CO2)CC2CO2)c(N)c(CC2CO2)c1CC1CO1. The molecule has 0 aromatic heterocycles. The van der Waals surface area contributed by atoms with Crippen LogP contribution in [0.25, 0.3) is 0 Å². The van der Waals surface area contributed by atoms with Crippen LogP contribution in [0.2, 0.25) is 0 Å². The molecule has 4 saturated heterocycles. The topological polar surface area (TPSA) is 79.4 Å². The van der Waals surface area contributed by atoms with Crippen LogP contribution in [0.3, 0.4) is 0 Å². The molecule has 0 amide bonds. The summed E-state index contributed by atoms with van der Waals surface area (Å²) in [7, 11) is 0. The molecule has 26 heavy (non-hydrogen) atoms. The maximum absolute atomic E-state index is 6.80. The first-order chi connectivity index (χ1) is 12.6. The largest absolute Gasteiger partial charge is 0.397 e. The fourth-order valence-corrected chi connectivity index (χ4v) is 3.98. The van der Waals surface area contributed by atoms with Gasteiger partial charge in [0.15, 0.2) is 0 Å². The van der Waals surface area contributed by atoms with Crippen molar-refractivity contribution in [1.29, 1.82) is 0 Å². The van der Waals surface area contributed by atoms with Crippen molar-refractivity contribution in [3.05, 3.63) is 22.3 Å². The lowest BCUT2D eigenvalue weighted by molar-refractivity contribution is 0.389. The number of hydrogen-bond donors (Lipinski definition) is 1. The molecule has 4 heterocycles. The molecule has 4 aliphatic rings. The van der Waals surface area contributed by atoms with E-state index in [0.717, 1.165) is 58.0 Å². The van der Waals surface area contributed by atoms with Gasteiger partial charge in [0.2, 0.25) is 0 Å². The molecule has 6 nitrogen and oxygen atoms in total. The highest BCUT2D eigenvalue weighted by Gasteiger charge is 2.35. The molecular weight excluding hydrogens is 332 g/mol. The molecule has 0 saturated carbocycles. The Morgan fingerprint density at radius 3 is 1.69 bits per heavy atom. The number of hydrogen-bond acceptors (Lipinski definition) is 6. The second-order valence-corrected chi connectivity index (χ2v) is 8.10. The summed E-state index contributed by atoms with van der Waals surface area (Å²) in [5.74, 6) is 0. The van der Waals surface area contributed by atoms with E-state index < -0.39 is 0 Å². The van der Waals surface area contributed by atoms with Gasteiger partial charge in [0.25, 0.3) is 0 Å². The molecule has 1 aromatic carbocycles. The Morgan fingerprint density at radius 2 is 1.23 bits per heavy atom. The highest BCUT2D eigenvalue weighted by Crippen LogP contribution is 2.40. The Balaban J connectivity index is 1.54. The molecule has 2 N–H and O–H groups in total. The predicted octanol–water partition coefficient (Wildman–Crippen LogP) is 1.37. The van der Waals surface area contributed by atoms with Gasteiger partial charge in [-0.15, -0.1) is 0 Å². The number of ether oxygens (including phenoxy) is 4. The smallest absolute Gasteiger partial charge is 0.0984 e. The van der Waals surface area contributed by atoms with Gasteiger partial charge in [0.1, 0.15) is 0 Å². The molecule has 5 rings (SSSR count). The van der Waals surface area contributed by atoms with E-state index in [1.807, 2.05) is 0 Å². The van der Waals surface area contributed by atoms with Crippen LogP contribution in [0.1, 0.15) is 22.3 Å². The Kier molecular flexibility index (Phi) is 4.12. The van der Waals surface area contributed by atoms with Gasteiger partial charge in [-0.2, -0.15) is 0 Å². The highest BCUT2D eigenvalue weighted by molar-refractivity contribution is 5.79. The number of epoxide rings is 4. The van der Waals surface area contributed by atoms with Crippen molar-refractivity contribution < 1.29 is 18.9 Å². The van der Waals surface area contributed by atoms with Crippen LogP contribution in [0.15, 0.2) is 0 Å². The summed E-state index contributed by atoms with van der Waals surface area (Å²) >= 11 is 0. The molecule has 0 bridgehead atoms. The molecule has 1 aromatic rings. The average Bonchev–Trinajstić information content (AvgIpc) is 3.44. The van der Waals surface area contributed by atoms with Gasteiger partial charge in [-0.05, 0) is 36.1 Å². The fourth-order valence-electron chi connectivity index (χ4n) is 3.98. The van der Waals surface area contributed by atoms with Crippen molar-refractivity contribution in [2.75, 3.05) is 50.2 Å². The van der Waals surface area contributed by atoms with E-state index in [9.17, 15) is 0 Å². The third-order valence-electron chi connectivity index (χ3n) is 5.95. The number of benzene rings is 1. The second kappa shape index (κ2) is 6.37. The zero-order valence-electron chi connectivity index (χ0n) is 15.6. The molecule has 6 heteroatoms. The lowest BCUT2D eigenvalue weighted by atomic mass is 9.88. The predicted molar refractivity (Wildman–Crippen MR) is 98.9 cm³/mol. The van der Waals surface area contributed by atoms with Gasteiger partial charge in [0.05, 0.1) is 62.2 Å². The maximum atomic E-state index is 6.80. The van der Waals surface area contributed by atoms with Crippen LogP contribution in [-0.4, -0.2) is 63.9 Å². The van der Waals surface area contributed by atoms with E-state index in [2.05, 4.69) is 18.7 Å². The maximum Gasteiger partial charge on any atom is 0.0984 e. The average molecular weight is 360 g/mol. The van der Waals surface area contributed by atoms with Crippen molar-refractivity contribution in [2.24, 2.45) is 0 Å². The number of nitrogens with two attached hydrogens (primary N) is 1. The standard InChI is InChI=1S/C20H28N2O4/c1-11-12(2)20(22(5-15-9-25-15)6-16-10-26-16)19(21)18(4-14-8-24-14)17(11)3-13-7-23-13/h13-16H,3-10,21H2,1-2H3. The zero-order chi connectivity index (χ0) is 17.8. The molecule has 142 valence electrons. The van der Waals surface area contributed by atoms with Crippen LogP contribution >= 0.6 is 0 Å². The molecule has 4 fully saturated rings. The van der Waals surface area contributed by atoms with Gasteiger partial charge >= 0.3 is 0 Å². The summed E-state index contributed by atoms with van der Waals surface area (Å²) in [6, 6.07) is 0. The van der Waals surface area contributed by atoms with Crippen LogP contribution < -0.4 is 10.6 Å². The third kappa shape index (κ3) is 3.56. The Morgan fingerprint density at radius 1 is 0.769 bits per heavy atom. The number of nitrogens with zero attached hydrogens (tertiary/aromatic N) is 1. The fraction of sp³-hybridized carbons (Fsp3) is 0.700. The van der Waals surface area contributed by atoms with Gasteiger partial charge in [0, 0.05) is 25.9 Å². The highest BCUT2D eigenvalue weighted by atomic mass is 16.6. The molecular formula is C20H28N2O4. The van der Waals surface area contributed by atoms with Crippen LogP contribution in [-0.2, 0) is 31.8 Å². The van der Waals surface area contributed by atoms with E-state index in [4.69, 9.17) is 24.7 Å². The summed E-state index contributed by atoms with van der Waals surface area (Å²) in [6.07, 6.45) is 3.17. The normalized spacial score (nSPS) is 31.0. The quantitative estimate of drug-likeness (QED) is 0.529. The van der Waals surface area contributed by atoms with E-state index in [0.29, 0.717) is 24.4 Å². The molecule has 4 aliphatic heterocycles. The van der Waals surface area contributed by atoms with E-state index in [1.54, 1.807) is 0 Å². The lowest BCUT2D eigenvalue weighted by Gasteiger charge is -2.30. The first-order valence-corrected chi connectivity index (χ1v) is 9.72. The van der Waals surface area contributed by atoms with E-state index in [-0.39, 0.29) is 0 Å². The summed E-state index contributed by atoms with van der Waals surface area (Å²) in [5.41, 5.74) is 14.1. The molecule has 4 atom stereocenters. The second-order valence-electron chi connectivity index (χ2n) is 8.10. The summed E-state index contributed by atoms with van der Waals surface area (Å²) in [4.78, 5) is 2.39. The minimum atomic E-state index is 0.318. The minimum Gasteiger partial charge on any atom is -0.397 e. The summed E-state index contributed by atoms with van der Waals surface area (Å²) in [6.45, 7) is 9.60. The summed E-state index contributed by atoms with van der Waals surface area (Å²) in [5, 5.41) is 0. The first-order valence-electron chi connectivity index (χ1n) is 9.72. The van der Waals surface area contributed by atoms with Crippen LogP contribution in [0.5, 0.6) is 0 Å². The summed E-state index contributed by atoms with van der Waals surface area (Å²) < 4.78 is 22.0. The zero-order valence-corrected chi connectivity index (χ0v) is 15.6. The van der Waals surface area contributed by atoms with E-state index in [1.165, 1.54) is 27.9 Å². The Bertz CT molecular complexity index is 692. The molecule has 4 unspecified atom stereocenters. The van der Waals surface area contributed by atoms with Crippen molar-refractivity contribution >= 4 is 11.4 Å². The van der Waals surface area contributed by atoms with Crippen molar-refractivity contribution in [2.45, 2.75) is 51.1 Å². The van der Waals surface area contributed by atoms with Crippen molar-refractivity contribution in [3.63, 3.8) is 0 Å². The molecule has 0 spiro atoms. The first kappa shape index (κ1) is 16.8. The number of rotatable bonds is 9. The van der Waals surface area contributed by atoms with E-state index >= 15 is 0 Å². The number of anilines is 2. The lowest BCUT2D eigenvalue weighted by Crippen LogP contribution is -2.33. The van der Waals surface area contributed by atoms with Crippen molar-refractivity contribution in [1.82, 2.24) is 0 Å². The number of nitrogen functional groups attached to an aromatic ring is 1. The third-order valence-corrected chi connectivity index (χ3v) is 5.95. The minimum absolute atomic E-state index is 0.318. The Labute approximate surface area is 154 Å². The van der Waals surface area contributed by atoms with Gasteiger partial charge in [-0.3, -0.25) is 0 Å². The monoisotopic (exact) mass is 360 g/mol. The molecule has 0 aliphatic carbocycles. The van der Waals surface area contributed by atoms with Crippen LogP contribution in [0, 0.1) is 13.8 Å². The van der Waals surface area contributed by atoms with Gasteiger partial charge < -0.3 is 29.6 Å². The van der Waals surface area contributed by atoms with Crippen LogP contribution in [0.4, 0.5) is 11.4 Å².